The zero-order valence-corrected chi connectivity index (χ0v) is 11.8. The smallest absolute Gasteiger partial charge is 0.375 e. The highest BCUT2D eigenvalue weighted by Gasteiger charge is 2.47. The summed E-state index contributed by atoms with van der Waals surface area (Å²) in [7, 11) is 0. The highest BCUT2D eigenvalue weighted by atomic mass is 19.4. The second-order valence-electron chi connectivity index (χ2n) is 5.34. The molecule has 0 aromatic heterocycles. The largest absolute Gasteiger partial charge is 0.392 e. The van der Waals surface area contributed by atoms with Crippen LogP contribution in [0, 0.1) is 11.8 Å². The van der Waals surface area contributed by atoms with E-state index in [2.05, 4.69) is 11.9 Å². The van der Waals surface area contributed by atoms with Gasteiger partial charge in [-0.15, -0.1) is 0 Å². The molecule has 116 valence electrons. The van der Waals surface area contributed by atoms with Crippen LogP contribution >= 0.6 is 0 Å². The van der Waals surface area contributed by atoms with E-state index in [0.717, 1.165) is 5.57 Å². The van der Waals surface area contributed by atoms with E-state index in [0.29, 0.717) is 25.9 Å². The van der Waals surface area contributed by atoms with Crippen LogP contribution in [0.15, 0.2) is 12.2 Å². The molecule has 2 unspecified atom stereocenters. The first-order valence-electron chi connectivity index (χ1n) is 6.89. The molecule has 1 saturated carbocycles. The van der Waals surface area contributed by atoms with Gasteiger partial charge in [0, 0.05) is 12.5 Å². The molecule has 0 aromatic carbocycles. The van der Waals surface area contributed by atoms with Gasteiger partial charge >= 0.3 is 6.18 Å². The fraction of sp³-hybridized carbons (Fsp3) is 0.786. The van der Waals surface area contributed by atoms with Crippen molar-refractivity contribution >= 4 is 5.91 Å². The molecule has 0 saturated heterocycles. The lowest BCUT2D eigenvalue weighted by molar-refractivity contribution is -0.198. The molecular weight excluding hydrogens is 271 g/mol. The molecule has 0 bridgehead atoms. The highest BCUT2D eigenvalue weighted by Crippen LogP contribution is 2.41. The van der Waals surface area contributed by atoms with Crippen molar-refractivity contribution in [2.24, 2.45) is 11.8 Å². The normalized spacial score (nSPS) is 23.4. The lowest BCUT2D eigenvalue weighted by atomic mass is 9.78. The maximum Gasteiger partial charge on any atom is 0.392 e. The number of hydrogen-bond donors (Lipinski definition) is 1. The fourth-order valence-electron chi connectivity index (χ4n) is 2.46. The third-order valence-electron chi connectivity index (χ3n) is 3.42. The van der Waals surface area contributed by atoms with Gasteiger partial charge in [0.25, 0.3) is 0 Å². The van der Waals surface area contributed by atoms with Crippen molar-refractivity contribution in [3.63, 3.8) is 0 Å². The van der Waals surface area contributed by atoms with E-state index in [-0.39, 0.29) is 19.6 Å². The second-order valence-corrected chi connectivity index (χ2v) is 5.34. The zero-order chi connectivity index (χ0) is 15.2. The molecule has 2 atom stereocenters. The SMILES string of the molecule is C=C(C)COCCNC(=O)C1CCCCC1C(F)(F)F. The van der Waals surface area contributed by atoms with Gasteiger partial charge in [0.05, 0.1) is 19.1 Å². The number of carbonyl (C=O) groups is 1. The molecule has 6 heteroatoms. The number of hydrogen-bond acceptors (Lipinski definition) is 2. The Bertz CT molecular complexity index is 342. The van der Waals surface area contributed by atoms with Crippen LogP contribution in [-0.4, -0.2) is 31.8 Å². The summed E-state index contributed by atoms with van der Waals surface area (Å²) in [6.45, 7) is 6.38. The van der Waals surface area contributed by atoms with Crippen molar-refractivity contribution in [2.75, 3.05) is 19.8 Å². The van der Waals surface area contributed by atoms with Crippen molar-refractivity contribution in [3.8, 4) is 0 Å². The van der Waals surface area contributed by atoms with Gasteiger partial charge in [-0.25, -0.2) is 0 Å². The van der Waals surface area contributed by atoms with Crippen molar-refractivity contribution < 1.29 is 22.7 Å². The Hall–Kier alpha value is -1.04. The minimum atomic E-state index is -4.29. The number of halogens is 3. The molecule has 0 heterocycles. The lowest BCUT2D eigenvalue weighted by Gasteiger charge is -2.31. The predicted octanol–water partition coefficient (Wildman–Crippen LogP) is 3.06. The minimum Gasteiger partial charge on any atom is -0.375 e. The molecule has 1 amide bonds. The molecule has 20 heavy (non-hydrogen) atoms. The summed E-state index contributed by atoms with van der Waals surface area (Å²) in [5.41, 5.74) is 0.862. The van der Waals surface area contributed by atoms with E-state index in [1.807, 2.05) is 6.92 Å². The first-order valence-corrected chi connectivity index (χ1v) is 6.89. The molecule has 1 aliphatic carbocycles. The number of rotatable bonds is 6. The van der Waals surface area contributed by atoms with Crippen LogP contribution in [0.4, 0.5) is 13.2 Å². The van der Waals surface area contributed by atoms with Crippen molar-refractivity contribution in [3.05, 3.63) is 12.2 Å². The average molecular weight is 293 g/mol. The van der Waals surface area contributed by atoms with E-state index in [4.69, 9.17) is 4.74 Å². The number of amides is 1. The van der Waals surface area contributed by atoms with E-state index in [1.165, 1.54) is 0 Å². The van der Waals surface area contributed by atoms with Crippen molar-refractivity contribution in [1.29, 1.82) is 0 Å². The standard InChI is InChI=1S/C14H22F3NO2/c1-10(2)9-20-8-7-18-13(19)11-5-3-4-6-12(11)14(15,16)17/h11-12H,1,3-9H2,2H3,(H,18,19). The Morgan fingerprint density at radius 2 is 2.00 bits per heavy atom. The Morgan fingerprint density at radius 1 is 1.35 bits per heavy atom. The molecule has 0 radical (unpaired) electrons. The number of carbonyl (C=O) groups excluding carboxylic acids is 1. The van der Waals surface area contributed by atoms with Gasteiger partial charge in [0.2, 0.25) is 5.91 Å². The van der Waals surface area contributed by atoms with Crippen LogP contribution in [-0.2, 0) is 9.53 Å². The summed E-state index contributed by atoms with van der Waals surface area (Å²) in [5, 5.41) is 2.53. The first-order chi connectivity index (χ1) is 9.32. The fourth-order valence-corrected chi connectivity index (χ4v) is 2.46. The maximum atomic E-state index is 12.9. The summed E-state index contributed by atoms with van der Waals surface area (Å²) in [6.07, 6.45) is -2.72. The number of ether oxygens (including phenoxy) is 1. The minimum absolute atomic E-state index is 0.0494. The number of nitrogens with one attached hydrogen (secondary N) is 1. The third kappa shape index (κ3) is 5.53. The van der Waals surface area contributed by atoms with Crippen molar-refractivity contribution in [1.82, 2.24) is 5.32 Å². The van der Waals surface area contributed by atoms with Gasteiger partial charge < -0.3 is 10.1 Å². The number of alkyl halides is 3. The Labute approximate surface area is 117 Å². The van der Waals surface area contributed by atoms with E-state index >= 15 is 0 Å². The monoisotopic (exact) mass is 293 g/mol. The van der Waals surface area contributed by atoms with E-state index < -0.39 is 23.9 Å². The van der Waals surface area contributed by atoms with E-state index in [9.17, 15) is 18.0 Å². The highest BCUT2D eigenvalue weighted by molar-refractivity contribution is 5.79. The Balaban J connectivity index is 2.38. The van der Waals surface area contributed by atoms with Gasteiger partial charge in [0.1, 0.15) is 0 Å². The van der Waals surface area contributed by atoms with Gasteiger partial charge in [-0.05, 0) is 19.8 Å². The molecule has 1 aliphatic rings. The molecule has 3 nitrogen and oxygen atoms in total. The van der Waals surface area contributed by atoms with Crippen LogP contribution in [0.2, 0.25) is 0 Å². The summed E-state index contributed by atoms with van der Waals surface area (Å²) >= 11 is 0. The molecule has 1 N–H and O–H groups in total. The molecule has 1 fully saturated rings. The maximum absolute atomic E-state index is 12.9. The first kappa shape index (κ1) is 17.0. The lowest BCUT2D eigenvalue weighted by Crippen LogP contribution is -2.43. The summed E-state index contributed by atoms with van der Waals surface area (Å²) in [6, 6.07) is 0. The Morgan fingerprint density at radius 3 is 2.60 bits per heavy atom. The van der Waals surface area contributed by atoms with Gasteiger partial charge in [-0.2, -0.15) is 13.2 Å². The van der Waals surface area contributed by atoms with Crippen LogP contribution < -0.4 is 5.32 Å². The summed E-state index contributed by atoms with van der Waals surface area (Å²) in [4.78, 5) is 11.9. The topological polar surface area (TPSA) is 38.3 Å². The van der Waals surface area contributed by atoms with Crippen molar-refractivity contribution in [2.45, 2.75) is 38.8 Å². The summed E-state index contributed by atoms with van der Waals surface area (Å²) < 4.78 is 43.8. The van der Waals surface area contributed by atoms with Crippen LogP contribution in [0.25, 0.3) is 0 Å². The van der Waals surface area contributed by atoms with Gasteiger partial charge in [0.15, 0.2) is 0 Å². The Kier molecular flexibility index (Phi) is 6.52. The van der Waals surface area contributed by atoms with Crippen LogP contribution in [0.1, 0.15) is 32.6 Å². The van der Waals surface area contributed by atoms with Gasteiger partial charge in [-0.1, -0.05) is 25.0 Å². The third-order valence-corrected chi connectivity index (χ3v) is 3.42. The quantitative estimate of drug-likeness (QED) is 0.604. The molecule has 1 rings (SSSR count). The molecule has 0 spiro atoms. The van der Waals surface area contributed by atoms with Gasteiger partial charge in [-0.3, -0.25) is 4.79 Å². The zero-order valence-electron chi connectivity index (χ0n) is 11.8. The van der Waals surface area contributed by atoms with Crippen LogP contribution in [0.5, 0.6) is 0 Å². The summed E-state index contributed by atoms with van der Waals surface area (Å²) in [5.74, 6) is -2.97. The average Bonchev–Trinajstić information content (AvgIpc) is 2.36. The predicted molar refractivity (Wildman–Crippen MR) is 70.1 cm³/mol. The second kappa shape index (κ2) is 7.67. The van der Waals surface area contributed by atoms with Crippen LogP contribution in [0.3, 0.4) is 0 Å². The molecule has 0 aliphatic heterocycles. The molecular formula is C14H22F3NO2. The van der Waals surface area contributed by atoms with E-state index in [1.54, 1.807) is 0 Å². The molecule has 0 aromatic rings.